The molecule has 122 valence electrons. The highest BCUT2D eigenvalue weighted by molar-refractivity contribution is 5.94. The van der Waals surface area contributed by atoms with Crippen LogP contribution in [0, 0.1) is 17.8 Å². The van der Waals surface area contributed by atoms with E-state index >= 15 is 0 Å². The summed E-state index contributed by atoms with van der Waals surface area (Å²) in [6, 6.07) is 16.3. The Bertz CT molecular complexity index is 801. The topological polar surface area (TPSA) is 52.2 Å². The van der Waals surface area contributed by atoms with Gasteiger partial charge in [0.1, 0.15) is 0 Å². The van der Waals surface area contributed by atoms with E-state index < -0.39 is 5.97 Å². The van der Waals surface area contributed by atoms with Gasteiger partial charge in [-0.05, 0) is 54.1 Å². The number of para-hydroxylation sites is 1. The van der Waals surface area contributed by atoms with E-state index in [1.54, 1.807) is 6.07 Å². The van der Waals surface area contributed by atoms with Crippen molar-refractivity contribution >= 4 is 11.7 Å². The molecular formula is C21H20NO2-. The summed E-state index contributed by atoms with van der Waals surface area (Å²) in [5, 5.41) is 15.2. The number of carbonyl (C=O) groups excluding carboxylic acids is 1. The van der Waals surface area contributed by atoms with Crippen LogP contribution in [0.5, 0.6) is 0 Å². The Morgan fingerprint density at radius 2 is 1.79 bits per heavy atom. The fourth-order valence-electron chi connectivity index (χ4n) is 5.67. The van der Waals surface area contributed by atoms with Crippen molar-refractivity contribution in [1.29, 1.82) is 0 Å². The summed E-state index contributed by atoms with van der Waals surface area (Å²) in [5.74, 6) is 1.40. The molecular weight excluding hydrogens is 298 g/mol. The van der Waals surface area contributed by atoms with Gasteiger partial charge in [0.2, 0.25) is 0 Å². The van der Waals surface area contributed by atoms with Gasteiger partial charge in [-0.15, -0.1) is 0 Å². The molecule has 0 saturated heterocycles. The number of fused-ring (bicyclic) bond motifs is 7. The van der Waals surface area contributed by atoms with Crippen LogP contribution in [0.2, 0.25) is 0 Å². The van der Waals surface area contributed by atoms with E-state index in [9.17, 15) is 9.90 Å². The molecule has 0 spiro atoms. The summed E-state index contributed by atoms with van der Waals surface area (Å²) >= 11 is 0. The van der Waals surface area contributed by atoms with E-state index in [0.29, 0.717) is 23.3 Å². The van der Waals surface area contributed by atoms with Crippen LogP contribution in [0.3, 0.4) is 0 Å². The molecule has 5 atom stereocenters. The molecule has 3 aliphatic rings. The summed E-state index contributed by atoms with van der Waals surface area (Å²) in [5.41, 5.74) is 3.55. The molecule has 2 aromatic rings. The maximum absolute atomic E-state index is 11.6. The lowest BCUT2D eigenvalue weighted by Crippen LogP contribution is -2.37. The fraction of sp³-hybridized carbons (Fsp3) is 0.381. The van der Waals surface area contributed by atoms with E-state index in [0.717, 1.165) is 11.6 Å². The number of hydrogen-bond acceptors (Lipinski definition) is 3. The van der Waals surface area contributed by atoms with Crippen LogP contribution in [-0.2, 0) is 0 Å². The van der Waals surface area contributed by atoms with Crippen LogP contribution in [-0.4, -0.2) is 5.97 Å². The average Bonchev–Trinajstić information content (AvgIpc) is 3.23. The number of carbonyl (C=O) groups is 1. The first kappa shape index (κ1) is 14.1. The van der Waals surface area contributed by atoms with Crippen molar-refractivity contribution in [2.24, 2.45) is 17.8 Å². The Balaban J connectivity index is 1.69. The predicted octanol–water partition coefficient (Wildman–Crippen LogP) is 3.35. The molecule has 1 aliphatic heterocycles. The van der Waals surface area contributed by atoms with Gasteiger partial charge in [-0.25, -0.2) is 0 Å². The number of anilines is 1. The zero-order valence-corrected chi connectivity index (χ0v) is 13.4. The van der Waals surface area contributed by atoms with Gasteiger partial charge >= 0.3 is 0 Å². The van der Waals surface area contributed by atoms with Crippen molar-refractivity contribution in [2.75, 3.05) is 5.32 Å². The quantitative estimate of drug-likeness (QED) is 0.924. The molecule has 3 nitrogen and oxygen atoms in total. The Hall–Kier alpha value is -2.29. The number of carboxylic acid groups (broad SMARTS) is 1. The van der Waals surface area contributed by atoms with Crippen LogP contribution >= 0.6 is 0 Å². The van der Waals surface area contributed by atoms with Crippen LogP contribution in [0.4, 0.5) is 5.69 Å². The lowest BCUT2D eigenvalue weighted by atomic mass is 9.67. The van der Waals surface area contributed by atoms with Gasteiger partial charge in [-0.3, -0.25) is 0 Å². The van der Waals surface area contributed by atoms with Gasteiger partial charge in [0, 0.05) is 11.3 Å². The molecule has 2 aromatic carbocycles. The number of carboxylic acids is 1. The van der Waals surface area contributed by atoms with Gasteiger partial charge in [-0.1, -0.05) is 48.5 Å². The standard InChI is InChI=1S/C21H21NO2/c23-21(24)16-8-4-7-15-17-13-9-10-14(11-13)18(17)19(22-20(15)16)12-5-2-1-3-6-12/h1-8,13-14,17-19,22H,9-11H2,(H,23,24)/p-1/t13-,14-,17+,18-,19+/m0/s1. The summed E-state index contributed by atoms with van der Waals surface area (Å²) in [6.45, 7) is 0. The summed E-state index contributed by atoms with van der Waals surface area (Å²) in [6.07, 6.45) is 3.88. The van der Waals surface area contributed by atoms with Gasteiger partial charge < -0.3 is 15.2 Å². The zero-order valence-electron chi connectivity index (χ0n) is 13.4. The maximum atomic E-state index is 11.6. The minimum absolute atomic E-state index is 0.194. The lowest BCUT2D eigenvalue weighted by Gasteiger charge is -2.44. The van der Waals surface area contributed by atoms with Crippen molar-refractivity contribution in [2.45, 2.75) is 31.2 Å². The van der Waals surface area contributed by atoms with Crippen LogP contribution in [0.1, 0.15) is 52.7 Å². The summed E-state index contributed by atoms with van der Waals surface area (Å²) in [7, 11) is 0. The second-order valence-electron chi connectivity index (χ2n) is 7.53. The van der Waals surface area contributed by atoms with Crippen molar-refractivity contribution < 1.29 is 9.90 Å². The minimum atomic E-state index is -1.09. The van der Waals surface area contributed by atoms with E-state index in [4.69, 9.17) is 0 Å². The lowest BCUT2D eigenvalue weighted by molar-refractivity contribution is -0.254. The largest absolute Gasteiger partial charge is 0.545 e. The highest BCUT2D eigenvalue weighted by atomic mass is 16.4. The van der Waals surface area contributed by atoms with Crippen LogP contribution < -0.4 is 10.4 Å². The highest BCUT2D eigenvalue weighted by Gasteiger charge is 2.53. The summed E-state index contributed by atoms with van der Waals surface area (Å²) in [4.78, 5) is 11.6. The molecule has 2 aliphatic carbocycles. The molecule has 2 saturated carbocycles. The first-order chi connectivity index (χ1) is 11.7. The van der Waals surface area contributed by atoms with E-state index in [1.807, 2.05) is 12.1 Å². The fourth-order valence-corrected chi connectivity index (χ4v) is 5.67. The Kier molecular flexibility index (Phi) is 2.99. The molecule has 5 rings (SSSR count). The Labute approximate surface area is 141 Å². The predicted molar refractivity (Wildman–Crippen MR) is 90.6 cm³/mol. The Morgan fingerprint density at radius 3 is 2.58 bits per heavy atom. The normalized spacial score (nSPS) is 32.8. The SMILES string of the molecule is O=C([O-])c1cccc2c1N[C@H](c1ccccc1)[C@H]1[C@H]3CC[C@@H](C3)[C@H]21. The van der Waals surface area contributed by atoms with Crippen molar-refractivity contribution in [3.05, 3.63) is 65.2 Å². The Morgan fingerprint density at radius 1 is 1.00 bits per heavy atom. The van der Waals surface area contributed by atoms with Crippen molar-refractivity contribution in [3.63, 3.8) is 0 Å². The zero-order chi connectivity index (χ0) is 16.3. The van der Waals surface area contributed by atoms with Gasteiger partial charge in [0.15, 0.2) is 0 Å². The molecule has 0 aromatic heterocycles. The third-order valence-electron chi connectivity index (χ3n) is 6.50. The minimum Gasteiger partial charge on any atom is -0.545 e. The highest BCUT2D eigenvalue weighted by Crippen LogP contribution is 2.63. The first-order valence-electron chi connectivity index (χ1n) is 8.90. The van der Waals surface area contributed by atoms with Gasteiger partial charge in [-0.2, -0.15) is 0 Å². The number of aromatic carboxylic acids is 1. The second-order valence-corrected chi connectivity index (χ2v) is 7.53. The van der Waals surface area contributed by atoms with E-state index in [-0.39, 0.29) is 6.04 Å². The molecule has 1 N–H and O–H groups in total. The van der Waals surface area contributed by atoms with E-state index in [1.165, 1.54) is 30.4 Å². The van der Waals surface area contributed by atoms with Crippen molar-refractivity contribution in [3.8, 4) is 0 Å². The van der Waals surface area contributed by atoms with E-state index in [2.05, 4.69) is 35.6 Å². The monoisotopic (exact) mass is 318 g/mol. The number of hydrogen-bond donors (Lipinski definition) is 1. The maximum Gasteiger partial charge on any atom is 0.0736 e. The van der Waals surface area contributed by atoms with Gasteiger partial charge in [0.05, 0.1) is 12.0 Å². The molecule has 0 radical (unpaired) electrons. The van der Waals surface area contributed by atoms with Crippen LogP contribution in [0.15, 0.2) is 48.5 Å². The number of nitrogens with one attached hydrogen (secondary N) is 1. The third kappa shape index (κ3) is 1.87. The molecule has 1 heterocycles. The molecule has 3 heteroatoms. The van der Waals surface area contributed by atoms with Crippen LogP contribution in [0.25, 0.3) is 0 Å². The first-order valence-corrected chi connectivity index (χ1v) is 8.90. The second kappa shape index (κ2) is 5.10. The number of rotatable bonds is 2. The van der Waals surface area contributed by atoms with Crippen molar-refractivity contribution in [1.82, 2.24) is 0 Å². The van der Waals surface area contributed by atoms with Gasteiger partial charge in [0.25, 0.3) is 0 Å². The molecule has 2 bridgehead atoms. The molecule has 2 fully saturated rings. The average molecular weight is 318 g/mol. The molecule has 24 heavy (non-hydrogen) atoms. The third-order valence-corrected chi connectivity index (χ3v) is 6.50. The summed E-state index contributed by atoms with van der Waals surface area (Å²) < 4.78 is 0. The number of benzene rings is 2. The smallest absolute Gasteiger partial charge is 0.0736 e. The molecule has 0 unspecified atom stereocenters. The molecule has 0 amide bonds.